The lowest BCUT2D eigenvalue weighted by atomic mass is 9.96. The highest BCUT2D eigenvalue weighted by Crippen LogP contribution is 2.34. The lowest BCUT2D eigenvalue weighted by molar-refractivity contribution is 0.466. The van der Waals surface area contributed by atoms with Crippen molar-refractivity contribution in [2.75, 3.05) is 18.5 Å². The third-order valence-corrected chi connectivity index (χ3v) is 3.33. The Kier molecular flexibility index (Phi) is 1.75. The maximum absolute atomic E-state index is 8.07. The zero-order chi connectivity index (χ0) is 10.4. The summed E-state index contributed by atoms with van der Waals surface area (Å²) in [7, 11) is 1.99. The predicted molar refractivity (Wildman–Crippen MR) is 61.3 cm³/mol. The van der Waals surface area contributed by atoms with E-state index in [9.17, 15) is 0 Å². The molecule has 0 saturated carbocycles. The van der Waals surface area contributed by atoms with Crippen molar-refractivity contribution in [2.24, 2.45) is 0 Å². The molecule has 0 aliphatic carbocycles. The Bertz CT molecular complexity index is 425. The first-order valence-corrected chi connectivity index (χ1v) is 5.45. The number of para-hydroxylation sites is 1. The van der Waals surface area contributed by atoms with Gasteiger partial charge in [0, 0.05) is 20.1 Å². The van der Waals surface area contributed by atoms with Crippen LogP contribution >= 0.6 is 0 Å². The van der Waals surface area contributed by atoms with Gasteiger partial charge in [-0.1, -0.05) is 18.2 Å². The van der Waals surface area contributed by atoms with Gasteiger partial charge in [0.2, 0.25) is 0 Å². The maximum atomic E-state index is 8.07. The topological polar surface area (TPSA) is 30.3 Å². The van der Waals surface area contributed by atoms with Gasteiger partial charge < -0.3 is 9.80 Å². The van der Waals surface area contributed by atoms with E-state index in [1.54, 1.807) is 0 Å². The molecule has 0 aromatic heterocycles. The molecule has 2 aliphatic rings. The van der Waals surface area contributed by atoms with E-state index in [1.165, 1.54) is 16.8 Å². The van der Waals surface area contributed by atoms with Crippen molar-refractivity contribution >= 4 is 11.6 Å². The second-order valence-electron chi connectivity index (χ2n) is 4.36. The van der Waals surface area contributed by atoms with Crippen molar-refractivity contribution < 1.29 is 0 Å². The van der Waals surface area contributed by atoms with Crippen LogP contribution in [-0.4, -0.2) is 24.5 Å². The predicted octanol–water partition coefficient (Wildman–Crippen LogP) is 1.82. The molecule has 0 radical (unpaired) electrons. The number of anilines is 1. The van der Waals surface area contributed by atoms with Crippen LogP contribution in [0.15, 0.2) is 18.2 Å². The summed E-state index contributed by atoms with van der Waals surface area (Å²) < 4.78 is 0. The molecule has 2 heterocycles. The first-order chi connectivity index (χ1) is 7.27. The molecule has 3 rings (SSSR count). The summed E-state index contributed by atoms with van der Waals surface area (Å²) in [4.78, 5) is 4.16. The summed E-state index contributed by atoms with van der Waals surface area (Å²) in [5, 5.41) is 8.07. The van der Waals surface area contributed by atoms with Gasteiger partial charge >= 0.3 is 0 Å². The molecule has 1 aromatic carbocycles. The third-order valence-electron chi connectivity index (χ3n) is 3.33. The van der Waals surface area contributed by atoms with Gasteiger partial charge in [-0.2, -0.15) is 0 Å². The van der Waals surface area contributed by atoms with Crippen LogP contribution in [0.1, 0.15) is 17.5 Å². The van der Waals surface area contributed by atoms with Crippen LogP contribution in [0.2, 0.25) is 0 Å². The molecular weight excluding hydrogens is 186 g/mol. The van der Waals surface area contributed by atoms with Crippen LogP contribution in [0.5, 0.6) is 0 Å². The summed E-state index contributed by atoms with van der Waals surface area (Å²) in [5.74, 6) is 0.648. The Labute approximate surface area is 89.8 Å². The standard InChI is InChI=1S/C12H15N3/c1-14-8-10-5-2-4-9-6-3-7-15(11(9)10)12(14)13/h2,4-5,13H,3,6-8H2,1H3. The van der Waals surface area contributed by atoms with Crippen molar-refractivity contribution in [3.63, 3.8) is 0 Å². The normalized spacial score (nSPS) is 19.1. The Morgan fingerprint density at radius 1 is 1.27 bits per heavy atom. The number of aryl methyl sites for hydroxylation is 1. The summed E-state index contributed by atoms with van der Waals surface area (Å²) >= 11 is 0. The second kappa shape index (κ2) is 2.99. The average Bonchev–Trinajstić information content (AvgIpc) is 2.26. The molecule has 3 heteroatoms. The molecule has 78 valence electrons. The minimum absolute atomic E-state index is 0.648. The van der Waals surface area contributed by atoms with Crippen LogP contribution in [0, 0.1) is 5.41 Å². The molecule has 0 unspecified atom stereocenters. The largest absolute Gasteiger partial charge is 0.341 e. The van der Waals surface area contributed by atoms with Crippen LogP contribution < -0.4 is 4.90 Å². The van der Waals surface area contributed by atoms with E-state index < -0.39 is 0 Å². The van der Waals surface area contributed by atoms with Gasteiger partial charge in [0.1, 0.15) is 0 Å². The van der Waals surface area contributed by atoms with Crippen LogP contribution in [0.4, 0.5) is 5.69 Å². The van der Waals surface area contributed by atoms with Crippen molar-refractivity contribution in [1.82, 2.24) is 4.90 Å². The summed E-state index contributed by atoms with van der Waals surface area (Å²) in [6, 6.07) is 6.52. The third kappa shape index (κ3) is 1.16. The molecule has 0 saturated heterocycles. The Morgan fingerprint density at radius 3 is 2.93 bits per heavy atom. The Hall–Kier alpha value is -1.51. The van der Waals surface area contributed by atoms with Crippen LogP contribution in [0.25, 0.3) is 0 Å². The van der Waals surface area contributed by atoms with Crippen molar-refractivity contribution in [1.29, 1.82) is 5.41 Å². The van der Waals surface area contributed by atoms with E-state index in [2.05, 4.69) is 23.1 Å². The maximum Gasteiger partial charge on any atom is 0.198 e. The minimum Gasteiger partial charge on any atom is -0.341 e. The Balaban J connectivity index is 2.20. The van der Waals surface area contributed by atoms with E-state index in [4.69, 9.17) is 5.41 Å². The van der Waals surface area contributed by atoms with E-state index in [0.717, 1.165) is 25.9 Å². The monoisotopic (exact) mass is 201 g/mol. The van der Waals surface area contributed by atoms with Crippen molar-refractivity contribution in [3.05, 3.63) is 29.3 Å². The van der Waals surface area contributed by atoms with Gasteiger partial charge in [-0.15, -0.1) is 0 Å². The molecule has 0 amide bonds. The number of guanidine groups is 1. The van der Waals surface area contributed by atoms with E-state index in [-0.39, 0.29) is 0 Å². The van der Waals surface area contributed by atoms with E-state index in [1.807, 2.05) is 11.9 Å². The molecule has 2 aliphatic heterocycles. The zero-order valence-corrected chi connectivity index (χ0v) is 8.95. The Morgan fingerprint density at radius 2 is 2.07 bits per heavy atom. The van der Waals surface area contributed by atoms with Gasteiger partial charge in [-0.25, -0.2) is 0 Å². The molecule has 0 bridgehead atoms. The quantitative estimate of drug-likeness (QED) is 0.694. The number of hydrogen-bond donors (Lipinski definition) is 1. The minimum atomic E-state index is 0.648. The zero-order valence-electron chi connectivity index (χ0n) is 8.95. The molecular formula is C12H15N3. The summed E-state index contributed by atoms with van der Waals surface area (Å²) in [6.07, 6.45) is 2.32. The molecule has 3 nitrogen and oxygen atoms in total. The smallest absolute Gasteiger partial charge is 0.198 e. The van der Waals surface area contributed by atoms with Gasteiger partial charge in [0.15, 0.2) is 5.96 Å². The highest BCUT2D eigenvalue weighted by molar-refractivity contribution is 5.97. The first kappa shape index (κ1) is 8.77. The molecule has 0 fully saturated rings. The summed E-state index contributed by atoms with van der Waals surface area (Å²) in [6.45, 7) is 1.87. The van der Waals surface area contributed by atoms with Crippen molar-refractivity contribution in [3.8, 4) is 0 Å². The highest BCUT2D eigenvalue weighted by atomic mass is 15.4. The second-order valence-corrected chi connectivity index (χ2v) is 4.36. The fraction of sp³-hybridized carbons (Fsp3) is 0.417. The fourth-order valence-electron chi connectivity index (χ4n) is 2.61. The lowest BCUT2D eigenvalue weighted by Gasteiger charge is -2.41. The highest BCUT2D eigenvalue weighted by Gasteiger charge is 2.29. The fourth-order valence-corrected chi connectivity index (χ4v) is 2.61. The van der Waals surface area contributed by atoms with E-state index >= 15 is 0 Å². The first-order valence-electron chi connectivity index (χ1n) is 5.45. The molecule has 0 spiro atoms. The number of hydrogen-bond acceptors (Lipinski definition) is 1. The molecule has 0 atom stereocenters. The van der Waals surface area contributed by atoms with Gasteiger partial charge in [0.05, 0.1) is 5.69 Å². The lowest BCUT2D eigenvalue weighted by Crippen LogP contribution is -2.48. The molecule has 1 N–H and O–H groups in total. The van der Waals surface area contributed by atoms with Gasteiger partial charge in [-0.05, 0) is 24.0 Å². The number of benzene rings is 1. The van der Waals surface area contributed by atoms with Crippen LogP contribution in [0.3, 0.4) is 0 Å². The summed E-state index contributed by atoms with van der Waals surface area (Å²) in [5.41, 5.74) is 4.09. The molecule has 1 aromatic rings. The van der Waals surface area contributed by atoms with Crippen LogP contribution in [-0.2, 0) is 13.0 Å². The number of nitrogens with zero attached hydrogens (tertiary/aromatic N) is 2. The van der Waals surface area contributed by atoms with Gasteiger partial charge in [0.25, 0.3) is 0 Å². The van der Waals surface area contributed by atoms with Crippen molar-refractivity contribution in [2.45, 2.75) is 19.4 Å². The van der Waals surface area contributed by atoms with E-state index in [0.29, 0.717) is 5.96 Å². The number of nitrogens with one attached hydrogen (secondary N) is 1. The SMILES string of the molecule is CN1Cc2cccc3c2N(CCC3)C1=N. The van der Waals surface area contributed by atoms with Gasteiger partial charge in [-0.3, -0.25) is 5.41 Å². The molecule has 15 heavy (non-hydrogen) atoms. The average molecular weight is 201 g/mol. The number of rotatable bonds is 0.